The Hall–Kier alpha value is -3.71. The maximum atomic E-state index is 5.44. The van der Waals surface area contributed by atoms with Gasteiger partial charge in [0.15, 0.2) is 11.5 Å². The number of para-hydroxylation sites is 1. The molecule has 0 saturated heterocycles. The molecule has 5 aromatic rings. The van der Waals surface area contributed by atoms with Crippen LogP contribution >= 0.6 is 11.3 Å². The summed E-state index contributed by atoms with van der Waals surface area (Å²) in [6.07, 6.45) is 1.54. The van der Waals surface area contributed by atoms with Gasteiger partial charge in [-0.05, 0) is 30.3 Å². The molecule has 2 heterocycles. The molecule has 5 rings (SSSR count). The molecule has 0 spiro atoms. The predicted octanol–water partition coefficient (Wildman–Crippen LogP) is 5.67. The van der Waals surface area contributed by atoms with Crippen molar-refractivity contribution in [1.82, 2.24) is 15.0 Å². The van der Waals surface area contributed by atoms with E-state index >= 15 is 0 Å². The first-order valence-corrected chi connectivity index (χ1v) is 10.2. The zero-order valence-electron chi connectivity index (χ0n) is 16.4. The Morgan fingerprint density at radius 3 is 2.50 bits per heavy atom. The standard InChI is InChI=1S/C23H18N4O2S/c1-28-19-11-16-18(12-20(19)29-2)24-13-25-22(16)26-15-7-5-6-14(10-15)23-27-17-8-3-4-9-21(17)30-23/h3-13H,1-2H3,(H,24,25,26). The highest BCUT2D eigenvalue weighted by Crippen LogP contribution is 2.35. The molecule has 0 bridgehead atoms. The summed E-state index contributed by atoms with van der Waals surface area (Å²) in [6, 6.07) is 20.1. The number of hydrogen-bond acceptors (Lipinski definition) is 7. The third-order valence-corrected chi connectivity index (χ3v) is 5.89. The second-order valence-electron chi connectivity index (χ2n) is 6.64. The monoisotopic (exact) mass is 414 g/mol. The van der Waals surface area contributed by atoms with Gasteiger partial charge < -0.3 is 14.8 Å². The first-order chi connectivity index (χ1) is 14.7. The van der Waals surface area contributed by atoms with Crippen LogP contribution in [0.1, 0.15) is 0 Å². The predicted molar refractivity (Wildman–Crippen MR) is 121 cm³/mol. The van der Waals surface area contributed by atoms with Crippen molar-refractivity contribution in [2.24, 2.45) is 0 Å². The van der Waals surface area contributed by atoms with E-state index in [1.807, 2.05) is 42.5 Å². The lowest BCUT2D eigenvalue weighted by molar-refractivity contribution is 0.356. The van der Waals surface area contributed by atoms with Gasteiger partial charge in [0, 0.05) is 22.7 Å². The van der Waals surface area contributed by atoms with E-state index < -0.39 is 0 Å². The van der Waals surface area contributed by atoms with Crippen LogP contribution < -0.4 is 14.8 Å². The third kappa shape index (κ3) is 3.29. The molecule has 6 nitrogen and oxygen atoms in total. The van der Waals surface area contributed by atoms with E-state index in [1.165, 1.54) is 11.0 Å². The number of nitrogens with zero attached hydrogens (tertiary/aromatic N) is 3. The van der Waals surface area contributed by atoms with Gasteiger partial charge in [-0.2, -0.15) is 0 Å². The highest BCUT2D eigenvalue weighted by atomic mass is 32.1. The first kappa shape index (κ1) is 18.3. The molecule has 0 fully saturated rings. The van der Waals surface area contributed by atoms with Crippen LogP contribution in [0, 0.1) is 0 Å². The Morgan fingerprint density at radius 2 is 1.67 bits per heavy atom. The van der Waals surface area contributed by atoms with Gasteiger partial charge in [0.25, 0.3) is 0 Å². The van der Waals surface area contributed by atoms with Gasteiger partial charge in [-0.1, -0.05) is 24.3 Å². The van der Waals surface area contributed by atoms with Crippen LogP contribution in [0.3, 0.4) is 0 Å². The number of hydrogen-bond donors (Lipinski definition) is 1. The van der Waals surface area contributed by atoms with E-state index in [4.69, 9.17) is 14.5 Å². The van der Waals surface area contributed by atoms with Crippen molar-refractivity contribution >= 4 is 44.0 Å². The summed E-state index contributed by atoms with van der Waals surface area (Å²) < 4.78 is 12.0. The summed E-state index contributed by atoms with van der Waals surface area (Å²) in [6.45, 7) is 0. The van der Waals surface area contributed by atoms with Crippen LogP contribution in [0.25, 0.3) is 31.7 Å². The summed E-state index contributed by atoms with van der Waals surface area (Å²) in [7, 11) is 3.22. The summed E-state index contributed by atoms with van der Waals surface area (Å²) in [5, 5.41) is 5.24. The fourth-order valence-corrected chi connectivity index (χ4v) is 4.31. The van der Waals surface area contributed by atoms with Crippen LogP contribution in [0.5, 0.6) is 11.5 Å². The Labute approximate surface area is 177 Å². The van der Waals surface area contributed by atoms with Crippen LogP contribution in [-0.2, 0) is 0 Å². The van der Waals surface area contributed by atoms with Crippen LogP contribution in [0.4, 0.5) is 11.5 Å². The summed E-state index contributed by atoms with van der Waals surface area (Å²) in [4.78, 5) is 13.6. The second-order valence-corrected chi connectivity index (χ2v) is 7.67. The van der Waals surface area contributed by atoms with Crippen molar-refractivity contribution in [3.05, 3.63) is 67.0 Å². The van der Waals surface area contributed by atoms with Crippen LogP contribution in [-0.4, -0.2) is 29.2 Å². The third-order valence-electron chi connectivity index (χ3n) is 4.81. The number of rotatable bonds is 5. The molecule has 0 saturated carbocycles. The molecule has 0 unspecified atom stereocenters. The van der Waals surface area contributed by atoms with Crippen molar-refractivity contribution < 1.29 is 9.47 Å². The fraction of sp³-hybridized carbons (Fsp3) is 0.0870. The van der Waals surface area contributed by atoms with Crippen molar-refractivity contribution in [1.29, 1.82) is 0 Å². The molecule has 3 aromatic carbocycles. The number of thiazole rings is 1. The molecule has 0 aliphatic rings. The van der Waals surface area contributed by atoms with E-state index in [0.29, 0.717) is 17.3 Å². The summed E-state index contributed by atoms with van der Waals surface area (Å²) in [5.74, 6) is 1.96. The number of anilines is 2. The maximum absolute atomic E-state index is 5.44. The first-order valence-electron chi connectivity index (χ1n) is 9.35. The Balaban J connectivity index is 1.53. The lowest BCUT2D eigenvalue weighted by Crippen LogP contribution is -1.98. The highest BCUT2D eigenvalue weighted by molar-refractivity contribution is 7.21. The minimum atomic E-state index is 0.631. The molecular weight excluding hydrogens is 396 g/mol. The molecule has 148 valence electrons. The average Bonchev–Trinajstić information content (AvgIpc) is 3.23. The molecule has 0 atom stereocenters. The molecule has 0 aliphatic heterocycles. The number of benzene rings is 3. The van der Waals surface area contributed by atoms with Crippen molar-refractivity contribution in [2.45, 2.75) is 0 Å². The fourth-order valence-electron chi connectivity index (χ4n) is 3.35. The molecule has 0 radical (unpaired) electrons. The van der Waals surface area contributed by atoms with Crippen molar-refractivity contribution in [3.8, 4) is 22.1 Å². The van der Waals surface area contributed by atoms with E-state index in [9.17, 15) is 0 Å². The minimum absolute atomic E-state index is 0.631. The molecule has 30 heavy (non-hydrogen) atoms. The highest BCUT2D eigenvalue weighted by Gasteiger charge is 2.12. The van der Waals surface area contributed by atoms with E-state index in [-0.39, 0.29) is 0 Å². The van der Waals surface area contributed by atoms with E-state index in [0.717, 1.165) is 32.7 Å². The van der Waals surface area contributed by atoms with Gasteiger partial charge in [-0.25, -0.2) is 15.0 Å². The van der Waals surface area contributed by atoms with Crippen molar-refractivity contribution in [2.75, 3.05) is 19.5 Å². The topological polar surface area (TPSA) is 69.2 Å². The summed E-state index contributed by atoms with van der Waals surface area (Å²) >= 11 is 1.68. The second kappa shape index (κ2) is 7.61. The van der Waals surface area contributed by atoms with Crippen LogP contribution in [0.15, 0.2) is 67.0 Å². The number of fused-ring (bicyclic) bond motifs is 2. The largest absolute Gasteiger partial charge is 0.493 e. The van der Waals surface area contributed by atoms with E-state index in [1.54, 1.807) is 25.6 Å². The van der Waals surface area contributed by atoms with Gasteiger partial charge >= 0.3 is 0 Å². The zero-order valence-corrected chi connectivity index (χ0v) is 17.2. The Morgan fingerprint density at radius 1 is 0.833 bits per heavy atom. The maximum Gasteiger partial charge on any atom is 0.162 e. The van der Waals surface area contributed by atoms with Gasteiger partial charge in [0.05, 0.1) is 30.0 Å². The number of aromatic nitrogens is 3. The van der Waals surface area contributed by atoms with E-state index in [2.05, 4.69) is 33.5 Å². The molecular formula is C23H18N4O2S. The molecule has 7 heteroatoms. The lowest BCUT2D eigenvalue weighted by atomic mass is 10.2. The zero-order chi connectivity index (χ0) is 20.5. The normalized spacial score (nSPS) is 11.0. The lowest BCUT2D eigenvalue weighted by Gasteiger charge is -2.12. The van der Waals surface area contributed by atoms with Gasteiger partial charge in [-0.3, -0.25) is 0 Å². The SMILES string of the molecule is COc1cc2ncnc(Nc3cccc(-c4nc5ccccc5s4)c3)c2cc1OC. The molecule has 1 N–H and O–H groups in total. The van der Waals surface area contributed by atoms with Crippen LogP contribution in [0.2, 0.25) is 0 Å². The van der Waals surface area contributed by atoms with Crippen molar-refractivity contribution in [3.63, 3.8) is 0 Å². The van der Waals surface area contributed by atoms with Gasteiger partial charge in [0.2, 0.25) is 0 Å². The molecule has 2 aromatic heterocycles. The molecule has 0 aliphatic carbocycles. The summed E-state index contributed by atoms with van der Waals surface area (Å²) in [5.41, 5.74) is 3.76. The van der Waals surface area contributed by atoms with Gasteiger partial charge in [0.1, 0.15) is 17.2 Å². The average molecular weight is 414 g/mol. The quantitative estimate of drug-likeness (QED) is 0.400. The number of nitrogens with one attached hydrogen (secondary N) is 1. The number of ether oxygens (including phenoxy) is 2. The Kier molecular flexibility index (Phi) is 4.65. The Bertz CT molecular complexity index is 1330. The minimum Gasteiger partial charge on any atom is -0.493 e. The number of methoxy groups -OCH3 is 2. The van der Waals surface area contributed by atoms with Gasteiger partial charge in [-0.15, -0.1) is 11.3 Å². The molecule has 0 amide bonds. The smallest absolute Gasteiger partial charge is 0.162 e.